The highest BCUT2D eigenvalue weighted by atomic mass is 32.1. The number of hydrogen-bond donors (Lipinski definition) is 3. The molecule has 0 bridgehead atoms. The van der Waals surface area contributed by atoms with Gasteiger partial charge in [0.1, 0.15) is 6.10 Å². The third-order valence-corrected chi connectivity index (χ3v) is 3.64. The molecule has 0 spiro atoms. The zero-order valence-corrected chi connectivity index (χ0v) is 12.5. The van der Waals surface area contributed by atoms with Gasteiger partial charge in [0.05, 0.1) is 6.10 Å². The van der Waals surface area contributed by atoms with Crippen LogP contribution in [0.25, 0.3) is 0 Å². The summed E-state index contributed by atoms with van der Waals surface area (Å²) >= 11 is 4.07. The average molecular weight is 268 g/mol. The van der Waals surface area contributed by atoms with Crippen LogP contribution in [0.2, 0.25) is 0 Å². The van der Waals surface area contributed by atoms with E-state index in [0.717, 1.165) is 16.7 Å². The molecule has 3 heteroatoms. The lowest BCUT2D eigenvalue weighted by atomic mass is 9.85. The van der Waals surface area contributed by atoms with Gasteiger partial charge in [0.2, 0.25) is 0 Å². The Balaban J connectivity index is 3.35. The van der Waals surface area contributed by atoms with Crippen molar-refractivity contribution in [3.63, 3.8) is 0 Å². The van der Waals surface area contributed by atoms with Crippen molar-refractivity contribution in [2.75, 3.05) is 5.75 Å². The van der Waals surface area contributed by atoms with Gasteiger partial charge >= 0.3 is 0 Å². The number of aliphatic hydroxyl groups is 2. The first kappa shape index (κ1) is 15.5. The Hall–Kier alpha value is -0.510. The van der Waals surface area contributed by atoms with Crippen LogP contribution >= 0.6 is 12.6 Å². The second kappa shape index (κ2) is 6.60. The van der Waals surface area contributed by atoms with Gasteiger partial charge in [-0.3, -0.25) is 0 Å². The van der Waals surface area contributed by atoms with Crippen molar-refractivity contribution in [2.45, 2.75) is 51.7 Å². The molecule has 0 aliphatic rings. The summed E-state index contributed by atoms with van der Waals surface area (Å²) < 4.78 is 0. The molecule has 1 rings (SSSR count). The van der Waals surface area contributed by atoms with Crippen LogP contribution in [0.5, 0.6) is 0 Å². The Bertz CT molecular complexity index is 362. The van der Waals surface area contributed by atoms with Crippen molar-refractivity contribution in [2.24, 2.45) is 0 Å². The monoisotopic (exact) mass is 268 g/mol. The standard InChI is InChI=1S/C15H24O2S/c1-9(2)11-6-5-7-12(10(3)4)14(11)15(17)13(16)8-18/h5-7,9-10,13,15-18H,8H2,1-4H3. The van der Waals surface area contributed by atoms with E-state index in [9.17, 15) is 10.2 Å². The van der Waals surface area contributed by atoms with Crippen LogP contribution in [0, 0.1) is 0 Å². The number of thiol groups is 1. The van der Waals surface area contributed by atoms with Crippen LogP contribution in [0.1, 0.15) is 62.3 Å². The summed E-state index contributed by atoms with van der Waals surface area (Å²) in [5.41, 5.74) is 3.09. The molecule has 0 aliphatic heterocycles. The van der Waals surface area contributed by atoms with Crippen LogP contribution in [0.15, 0.2) is 18.2 Å². The number of rotatable bonds is 5. The molecule has 0 amide bonds. The number of hydrogen-bond acceptors (Lipinski definition) is 3. The van der Waals surface area contributed by atoms with Crippen molar-refractivity contribution in [3.05, 3.63) is 34.9 Å². The number of benzene rings is 1. The molecule has 18 heavy (non-hydrogen) atoms. The van der Waals surface area contributed by atoms with Crippen molar-refractivity contribution in [3.8, 4) is 0 Å². The lowest BCUT2D eigenvalue weighted by molar-refractivity contribution is 0.0323. The van der Waals surface area contributed by atoms with E-state index in [2.05, 4.69) is 40.3 Å². The smallest absolute Gasteiger partial charge is 0.106 e. The maximum Gasteiger partial charge on any atom is 0.106 e. The SMILES string of the molecule is CC(C)c1cccc(C(C)C)c1C(O)C(O)CS. The molecule has 0 aromatic heterocycles. The Morgan fingerprint density at radius 3 is 1.78 bits per heavy atom. The summed E-state index contributed by atoms with van der Waals surface area (Å²) in [6, 6.07) is 6.08. The molecule has 2 N–H and O–H groups in total. The van der Waals surface area contributed by atoms with Crippen LogP contribution < -0.4 is 0 Å². The fraction of sp³-hybridized carbons (Fsp3) is 0.600. The van der Waals surface area contributed by atoms with Crippen LogP contribution in [-0.2, 0) is 0 Å². The number of aliphatic hydroxyl groups excluding tert-OH is 2. The Morgan fingerprint density at radius 2 is 1.44 bits per heavy atom. The van der Waals surface area contributed by atoms with Gasteiger partial charge in [-0.1, -0.05) is 45.9 Å². The molecule has 2 atom stereocenters. The van der Waals surface area contributed by atoms with Crippen molar-refractivity contribution < 1.29 is 10.2 Å². The third-order valence-electron chi connectivity index (χ3n) is 3.26. The molecule has 0 radical (unpaired) electrons. The molecule has 0 fully saturated rings. The van der Waals surface area contributed by atoms with Crippen LogP contribution in [0.3, 0.4) is 0 Å². The second-order valence-corrected chi connectivity index (χ2v) is 5.72. The summed E-state index contributed by atoms with van der Waals surface area (Å²) in [7, 11) is 0. The van der Waals surface area contributed by atoms with Crippen molar-refractivity contribution >= 4 is 12.6 Å². The summed E-state index contributed by atoms with van der Waals surface area (Å²) in [5, 5.41) is 20.2. The molecule has 2 nitrogen and oxygen atoms in total. The lowest BCUT2D eigenvalue weighted by Gasteiger charge is -2.26. The van der Waals surface area contributed by atoms with Gasteiger partial charge < -0.3 is 10.2 Å². The Morgan fingerprint density at radius 1 is 1.00 bits per heavy atom. The molecule has 1 aromatic carbocycles. The molecular formula is C15H24O2S. The summed E-state index contributed by atoms with van der Waals surface area (Å²) in [6.07, 6.45) is -1.69. The first-order chi connectivity index (χ1) is 8.40. The van der Waals surface area contributed by atoms with E-state index in [-0.39, 0.29) is 5.75 Å². The minimum atomic E-state index is -0.862. The highest BCUT2D eigenvalue weighted by Gasteiger charge is 2.24. The maximum atomic E-state index is 10.3. The van der Waals surface area contributed by atoms with E-state index >= 15 is 0 Å². The predicted molar refractivity (Wildman–Crippen MR) is 79.4 cm³/mol. The molecule has 0 saturated heterocycles. The molecule has 0 heterocycles. The van der Waals surface area contributed by atoms with E-state index < -0.39 is 12.2 Å². The zero-order chi connectivity index (χ0) is 13.9. The van der Waals surface area contributed by atoms with E-state index in [1.54, 1.807) is 0 Å². The third kappa shape index (κ3) is 3.28. The topological polar surface area (TPSA) is 40.5 Å². The zero-order valence-electron chi connectivity index (χ0n) is 11.6. The maximum absolute atomic E-state index is 10.3. The van der Waals surface area contributed by atoms with E-state index in [1.807, 2.05) is 18.2 Å². The normalized spacial score (nSPS) is 15.2. The van der Waals surface area contributed by atoms with E-state index in [1.165, 1.54) is 0 Å². The van der Waals surface area contributed by atoms with Crippen molar-refractivity contribution in [1.29, 1.82) is 0 Å². The summed E-state index contributed by atoms with van der Waals surface area (Å²) in [4.78, 5) is 0. The molecule has 0 saturated carbocycles. The van der Waals surface area contributed by atoms with Crippen LogP contribution in [-0.4, -0.2) is 22.1 Å². The molecule has 0 aliphatic carbocycles. The largest absolute Gasteiger partial charge is 0.389 e. The molecule has 2 unspecified atom stereocenters. The van der Waals surface area contributed by atoms with Crippen LogP contribution in [0.4, 0.5) is 0 Å². The van der Waals surface area contributed by atoms with Gasteiger partial charge in [0.25, 0.3) is 0 Å². The minimum Gasteiger partial charge on any atom is -0.389 e. The first-order valence-corrected chi connectivity index (χ1v) is 7.13. The Kier molecular flexibility index (Phi) is 5.70. The highest BCUT2D eigenvalue weighted by Crippen LogP contribution is 2.33. The van der Waals surface area contributed by atoms with Gasteiger partial charge in [0.15, 0.2) is 0 Å². The Labute approximate surface area is 115 Å². The van der Waals surface area contributed by atoms with Gasteiger partial charge in [-0.25, -0.2) is 0 Å². The first-order valence-electron chi connectivity index (χ1n) is 6.49. The molecule has 102 valence electrons. The summed E-state index contributed by atoms with van der Waals surface area (Å²) in [5.74, 6) is 0.895. The summed E-state index contributed by atoms with van der Waals surface area (Å²) in [6.45, 7) is 8.40. The predicted octanol–water partition coefficient (Wildman–Crippen LogP) is 3.26. The fourth-order valence-corrected chi connectivity index (χ4v) is 2.44. The fourth-order valence-electron chi connectivity index (χ4n) is 2.24. The average Bonchev–Trinajstić information content (AvgIpc) is 2.35. The van der Waals surface area contributed by atoms with Gasteiger partial charge in [0, 0.05) is 5.75 Å². The quantitative estimate of drug-likeness (QED) is 0.717. The molecular weight excluding hydrogens is 244 g/mol. The highest BCUT2D eigenvalue weighted by molar-refractivity contribution is 7.80. The van der Waals surface area contributed by atoms with E-state index in [4.69, 9.17) is 0 Å². The van der Waals surface area contributed by atoms with Crippen molar-refractivity contribution in [1.82, 2.24) is 0 Å². The molecule has 1 aromatic rings. The second-order valence-electron chi connectivity index (χ2n) is 5.35. The lowest BCUT2D eigenvalue weighted by Crippen LogP contribution is -2.23. The van der Waals surface area contributed by atoms with Gasteiger partial charge in [-0.2, -0.15) is 12.6 Å². The van der Waals surface area contributed by atoms with E-state index in [0.29, 0.717) is 11.8 Å². The van der Waals surface area contributed by atoms with Gasteiger partial charge in [-0.15, -0.1) is 0 Å². The minimum absolute atomic E-state index is 0.255. The van der Waals surface area contributed by atoms with Gasteiger partial charge in [-0.05, 0) is 28.5 Å².